The summed E-state index contributed by atoms with van der Waals surface area (Å²) in [6.07, 6.45) is 4.94. The van der Waals surface area contributed by atoms with Crippen molar-refractivity contribution in [2.45, 2.75) is 58.4 Å². The zero-order chi connectivity index (χ0) is 12.0. The molecule has 17 heavy (non-hydrogen) atoms. The highest BCUT2D eigenvalue weighted by atomic mass is 35.5. The third-order valence-electron chi connectivity index (χ3n) is 3.94. The van der Waals surface area contributed by atoms with Crippen LogP contribution in [0.3, 0.4) is 0 Å². The molecule has 4 heteroatoms. The Kier molecular flexibility index (Phi) is 7.80. The second-order valence-electron chi connectivity index (χ2n) is 5.21. The first kappa shape index (κ1) is 16.7. The SMILES string of the molecule is CCC(C)(CC)NC(=O)CCC1CCNC1.Cl. The number of hydrogen-bond donors (Lipinski definition) is 2. The Balaban J connectivity index is 0.00000256. The minimum atomic E-state index is -0.00892. The van der Waals surface area contributed by atoms with E-state index in [2.05, 4.69) is 31.4 Å². The monoisotopic (exact) mass is 262 g/mol. The fourth-order valence-corrected chi connectivity index (χ4v) is 2.12. The first-order valence-corrected chi connectivity index (χ1v) is 6.61. The topological polar surface area (TPSA) is 41.1 Å². The predicted molar refractivity (Wildman–Crippen MR) is 74.6 cm³/mol. The lowest BCUT2D eigenvalue weighted by molar-refractivity contribution is -0.123. The van der Waals surface area contributed by atoms with Gasteiger partial charge >= 0.3 is 0 Å². The summed E-state index contributed by atoms with van der Waals surface area (Å²) in [5.74, 6) is 0.929. The van der Waals surface area contributed by atoms with Crippen LogP contribution < -0.4 is 10.6 Å². The van der Waals surface area contributed by atoms with Crippen molar-refractivity contribution in [3.05, 3.63) is 0 Å². The van der Waals surface area contributed by atoms with Crippen LogP contribution in [-0.2, 0) is 4.79 Å². The van der Waals surface area contributed by atoms with Crippen molar-refractivity contribution in [3.8, 4) is 0 Å². The van der Waals surface area contributed by atoms with Gasteiger partial charge in [0.25, 0.3) is 0 Å². The molecule has 0 spiro atoms. The number of carbonyl (C=O) groups excluding carboxylic acids is 1. The molecule has 3 nitrogen and oxygen atoms in total. The minimum Gasteiger partial charge on any atom is -0.351 e. The summed E-state index contributed by atoms with van der Waals surface area (Å²) < 4.78 is 0. The Labute approximate surface area is 112 Å². The summed E-state index contributed by atoms with van der Waals surface area (Å²) in [6.45, 7) is 8.59. The van der Waals surface area contributed by atoms with Crippen LogP contribution in [0.15, 0.2) is 0 Å². The lowest BCUT2D eigenvalue weighted by atomic mass is 9.94. The normalized spacial score (nSPS) is 19.8. The van der Waals surface area contributed by atoms with Crippen LogP contribution >= 0.6 is 12.4 Å². The molecule has 1 aliphatic heterocycles. The van der Waals surface area contributed by atoms with Gasteiger partial charge in [0.05, 0.1) is 0 Å². The van der Waals surface area contributed by atoms with E-state index in [4.69, 9.17) is 0 Å². The average Bonchev–Trinajstić information content (AvgIpc) is 2.79. The molecule has 102 valence electrons. The van der Waals surface area contributed by atoms with Crippen LogP contribution in [-0.4, -0.2) is 24.5 Å². The summed E-state index contributed by atoms with van der Waals surface area (Å²) in [6, 6.07) is 0. The largest absolute Gasteiger partial charge is 0.351 e. The number of halogens is 1. The maximum atomic E-state index is 11.8. The fraction of sp³-hybridized carbons (Fsp3) is 0.923. The molecule has 1 amide bonds. The first-order valence-electron chi connectivity index (χ1n) is 6.61. The van der Waals surface area contributed by atoms with Crippen LogP contribution in [0, 0.1) is 5.92 Å². The molecular formula is C13H27ClN2O. The molecule has 1 aliphatic rings. The van der Waals surface area contributed by atoms with Crippen LogP contribution in [0.4, 0.5) is 0 Å². The van der Waals surface area contributed by atoms with Gasteiger partial charge in [0.2, 0.25) is 5.91 Å². The van der Waals surface area contributed by atoms with Crippen LogP contribution in [0.5, 0.6) is 0 Å². The molecule has 1 rings (SSSR count). The smallest absolute Gasteiger partial charge is 0.220 e. The third-order valence-corrected chi connectivity index (χ3v) is 3.94. The predicted octanol–water partition coefficient (Wildman–Crippen LogP) is 2.49. The molecule has 0 aromatic rings. The highest BCUT2D eigenvalue weighted by Gasteiger charge is 2.22. The van der Waals surface area contributed by atoms with E-state index in [1.54, 1.807) is 0 Å². The molecule has 0 aromatic carbocycles. The molecule has 0 saturated carbocycles. The number of amides is 1. The lowest BCUT2D eigenvalue weighted by Gasteiger charge is -2.28. The van der Waals surface area contributed by atoms with E-state index in [0.29, 0.717) is 12.3 Å². The highest BCUT2D eigenvalue weighted by Crippen LogP contribution is 2.17. The van der Waals surface area contributed by atoms with Crippen molar-refractivity contribution in [1.82, 2.24) is 10.6 Å². The maximum Gasteiger partial charge on any atom is 0.220 e. The van der Waals surface area contributed by atoms with Crippen LogP contribution in [0.1, 0.15) is 52.9 Å². The molecule has 0 radical (unpaired) electrons. The quantitative estimate of drug-likeness (QED) is 0.772. The lowest BCUT2D eigenvalue weighted by Crippen LogP contribution is -2.45. The summed E-state index contributed by atoms with van der Waals surface area (Å²) >= 11 is 0. The van der Waals surface area contributed by atoms with Gasteiger partial charge in [-0.1, -0.05) is 13.8 Å². The Hall–Kier alpha value is -0.280. The first-order chi connectivity index (χ1) is 7.59. The van der Waals surface area contributed by atoms with Gasteiger partial charge in [-0.15, -0.1) is 12.4 Å². The van der Waals surface area contributed by atoms with E-state index >= 15 is 0 Å². The van der Waals surface area contributed by atoms with Crippen molar-refractivity contribution < 1.29 is 4.79 Å². The van der Waals surface area contributed by atoms with Gasteiger partial charge in [-0.25, -0.2) is 0 Å². The van der Waals surface area contributed by atoms with E-state index in [1.807, 2.05) is 0 Å². The second kappa shape index (κ2) is 7.93. The molecule has 1 saturated heterocycles. The molecule has 0 bridgehead atoms. The van der Waals surface area contributed by atoms with Gasteiger partial charge in [-0.3, -0.25) is 4.79 Å². The third kappa shape index (κ3) is 5.73. The highest BCUT2D eigenvalue weighted by molar-refractivity contribution is 5.85. The van der Waals surface area contributed by atoms with Gasteiger partial charge in [0.15, 0.2) is 0 Å². The Morgan fingerprint density at radius 1 is 1.41 bits per heavy atom. The second-order valence-corrected chi connectivity index (χ2v) is 5.21. The minimum absolute atomic E-state index is 0. The van der Waals surface area contributed by atoms with Gasteiger partial charge in [-0.2, -0.15) is 0 Å². The Bertz CT molecular complexity index is 223. The molecular weight excluding hydrogens is 236 g/mol. The van der Waals surface area contributed by atoms with Crippen molar-refractivity contribution in [1.29, 1.82) is 0 Å². The zero-order valence-corrected chi connectivity index (χ0v) is 12.2. The van der Waals surface area contributed by atoms with Crippen molar-refractivity contribution in [2.75, 3.05) is 13.1 Å². The summed E-state index contributed by atoms with van der Waals surface area (Å²) in [5, 5.41) is 6.49. The van der Waals surface area contributed by atoms with E-state index in [9.17, 15) is 4.79 Å². The summed E-state index contributed by atoms with van der Waals surface area (Å²) in [7, 11) is 0. The van der Waals surface area contributed by atoms with E-state index in [0.717, 1.165) is 32.4 Å². The fourth-order valence-electron chi connectivity index (χ4n) is 2.12. The number of hydrogen-bond acceptors (Lipinski definition) is 2. The van der Waals surface area contributed by atoms with Gasteiger partial charge in [0, 0.05) is 12.0 Å². The number of rotatable bonds is 6. The molecule has 0 aliphatic carbocycles. The molecule has 2 N–H and O–H groups in total. The summed E-state index contributed by atoms with van der Waals surface area (Å²) in [4.78, 5) is 11.8. The van der Waals surface area contributed by atoms with E-state index < -0.39 is 0 Å². The molecule has 1 heterocycles. The van der Waals surface area contributed by atoms with Crippen LogP contribution in [0.25, 0.3) is 0 Å². The Morgan fingerprint density at radius 3 is 2.53 bits per heavy atom. The van der Waals surface area contributed by atoms with Crippen LogP contribution in [0.2, 0.25) is 0 Å². The molecule has 0 aromatic heterocycles. The van der Waals surface area contributed by atoms with E-state index in [1.165, 1.54) is 6.42 Å². The van der Waals surface area contributed by atoms with Crippen molar-refractivity contribution >= 4 is 18.3 Å². The van der Waals surface area contributed by atoms with Crippen molar-refractivity contribution in [3.63, 3.8) is 0 Å². The van der Waals surface area contributed by atoms with Gasteiger partial charge in [-0.05, 0) is 51.6 Å². The molecule has 1 unspecified atom stereocenters. The zero-order valence-electron chi connectivity index (χ0n) is 11.3. The van der Waals surface area contributed by atoms with Crippen molar-refractivity contribution in [2.24, 2.45) is 5.92 Å². The summed E-state index contributed by atoms with van der Waals surface area (Å²) in [5.41, 5.74) is -0.00892. The average molecular weight is 263 g/mol. The Morgan fingerprint density at radius 2 is 2.06 bits per heavy atom. The molecule has 1 fully saturated rings. The van der Waals surface area contributed by atoms with Gasteiger partial charge in [0.1, 0.15) is 0 Å². The van der Waals surface area contributed by atoms with Gasteiger partial charge < -0.3 is 10.6 Å². The maximum absolute atomic E-state index is 11.8. The molecule has 1 atom stereocenters. The standard InChI is InChI=1S/C13H26N2O.ClH/c1-4-13(3,5-2)15-12(16)7-6-11-8-9-14-10-11;/h11,14H,4-10H2,1-3H3,(H,15,16);1H. The number of nitrogens with one attached hydrogen (secondary N) is 2. The number of carbonyl (C=O) groups is 1. The van der Waals surface area contributed by atoms with E-state index in [-0.39, 0.29) is 23.9 Å².